The highest BCUT2D eigenvalue weighted by Gasteiger charge is 2.21. The summed E-state index contributed by atoms with van der Waals surface area (Å²) in [6, 6.07) is 6.79. The van der Waals surface area contributed by atoms with Crippen molar-refractivity contribution in [3.63, 3.8) is 0 Å². The molecule has 0 aromatic heterocycles. The van der Waals surface area contributed by atoms with Gasteiger partial charge in [-0.25, -0.2) is 0 Å². The van der Waals surface area contributed by atoms with Crippen molar-refractivity contribution in [2.75, 3.05) is 19.8 Å². The van der Waals surface area contributed by atoms with E-state index in [-0.39, 0.29) is 0 Å². The largest absolute Gasteiger partial charge is 0.381 e. The maximum absolute atomic E-state index is 5.61. The fourth-order valence-corrected chi connectivity index (χ4v) is 2.91. The highest BCUT2D eigenvalue weighted by Crippen LogP contribution is 2.30. The Kier molecular flexibility index (Phi) is 2.94. The van der Waals surface area contributed by atoms with E-state index in [0.29, 0.717) is 5.92 Å². The number of hydrogen-bond donors (Lipinski definition) is 1. The fraction of sp³-hybridized carbons (Fsp3) is 0.571. The zero-order valence-electron chi connectivity index (χ0n) is 9.67. The summed E-state index contributed by atoms with van der Waals surface area (Å²) in [5.74, 6) is 0.628. The molecular weight excluding hydrogens is 198 g/mol. The van der Waals surface area contributed by atoms with Gasteiger partial charge >= 0.3 is 0 Å². The molecule has 2 heteroatoms. The molecule has 2 aliphatic heterocycles. The summed E-state index contributed by atoms with van der Waals surface area (Å²) >= 11 is 0. The predicted molar refractivity (Wildman–Crippen MR) is 64.6 cm³/mol. The molecule has 2 nitrogen and oxygen atoms in total. The highest BCUT2D eigenvalue weighted by atomic mass is 16.5. The summed E-state index contributed by atoms with van der Waals surface area (Å²) in [5.41, 5.74) is 4.62. The lowest BCUT2D eigenvalue weighted by molar-refractivity contribution is 0.0801. The minimum absolute atomic E-state index is 0.628. The summed E-state index contributed by atoms with van der Waals surface area (Å²) in [5, 5.41) is 3.48. The molecule has 1 unspecified atom stereocenters. The average molecular weight is 217 g/mol. The van der Waals surface area contributed by atoms with E-state index in [0.717, 1.165) is 26.3 Å². The van der Waals surface area contributed by atoms with E-state index in [1.807, 2.05) is 0 Å². The van der Waals surface area contributed by atoms with Crippen LogP contribution in [0.3, 0.4) is 0 Å². The molecule has 0 bridgehead atoms. The third-order valence-corrected chi connectivity index (χ3v) is 3.78. The van der Waals surface area contributed by atoms with Crippen molar-refractivity contribution in [3.05, 3.63) is 34.9 Å². The van der Waals surface area contributed by atoms with Crippen molar-refractivity contribution in [1.29, 1.82) is 0 Å². The topological polar surface area (TPSA) is 21.3 Å². The zero-order valence-corrected chi connectivity index (χ0v) is 9.67. The fourth-order valence-electron chi connectivity index (χ4n) is 2.91. The minimum Gasteiger partial charge on any atom is -0.381 e. The molecule has 2 aliphatic rings. The first-order valence-corrected chi connectivity index (χ1v) is 6.34. The zero-order chi connectivity index (χ0) is 10.8. The Morgan fingerprint density at radius 2 is 2.31 bits per heavy atom. The van der Waals surface area contributed by atoms with Crippen LogP contribution in [0, 0.1) is 0 Å². The number of benzene rings is 1. The van der Waals surface area contributed by atoms with Crippen molar-refractivity contribution in [3.8, 4) is 0 Å². The molecule has 0 spiro atoms. The first-order chi connectivity index (χ1) is 7.95. The van der Waals surface area contributed by atoms with Crippen LogP contribution in [0.4, 0.5) is 0 Å². The molecule has 1 atom stereocenters. The monoisotopic (exact) mass is 217 g/mol. The van der Waals surface area contributed by atoms with Crippen LogP contribution in [-0.4, -0.2) is 19.8 Å². The number of nitrogens with one attached hydrogen (secondary N) is 1. The van der Waals surface area contributed by atoms with Crippen LogP contribution in [0.5, 0.6) is 0 Å². The Bertz CT molecular complexity index is 369. The van der Waals surface area contributed by atoms with E-state index in [9.17, 15) is 0 Å². The Morgan fingerprint density at radius 3 is 3.19 bits per heavy atom. The third-order valence-electron chi connectivity index (χ3n) is 3.78. The molecule has 0 aliphatic carbocycles. The van der Waals surface area contributed by atoms with Gasteiger partial charge in [0.15, 0.2) is 0 Å². The Morgan fingerprint density at radius 1 is 1.31 bits per heavy atom. The Hall–Kier alpha value is -0.860. The van der Waals surface area contributed by atoms with Gasteiger partial charge in [-0.3, -0.25) is 0 Å². The molecule has 1 fully saturated rings. The van der Waals surface area contributed by atoms with Gasteiger partial charge in [-0.1, -0.05) is 18.2 Å². The standard InChI is InChI=1S/C14H19NO/c1-3-11-6-7-15-9-14(11)13(5-1)12-4-2-8-16-10-12/h1,3,5,12,15H,2,4,6-10H2. The van der Waals surface area contributed by atoms with Gasteiger partial charge < -0.3 is 10.1 Å². The lowest BCUT2D eigenvalue weighted by Crippen LogP contribution is -2.26. The molecular formula is C14H19NO. The number of hydrogen-bond acceptors (Lipinski definition) is 2. The molecule has 0 amide bonds. The molecule has 0 saturated carbocycles. The Labute approximate surface area is 97.0 Å². The van der Waals surface area contributed by atoms with Crippen LogP contribution < -0.4 is 5.32 Å². The second-order valence-electron chi connectivity index (χ2n) is 4.83. The van der Waals surface area contributed by atoms with E-state index in [4.69, 9.17) is 4.74 Å². The summed E-state index contributed by atoms with van der Waals surface area (Å²) in [7, 11) is 0. The molecule has 1 N–H and O–H groups in total. The van der Waals surface area contributed by atoms with E-state index >= 15 is 0 Å². The lowest BCUT2D eigenvalue weighted by atomic mass is 9.86. The second-order valence-corrected chi connectivity index (χ2v) is 4.83. The van der Waals surface area contributed by atoms with Crippen molar-refractivity contribution in [2.45, 2.75) is 31.7 Å². The minimum atomic E-state index is 0.628. The van der Waals surface area contributed by atoms with E-state index in [1.54, 1.807) is 11.1 Å². The van der Waals surface area contributed by atoms with Gasteiger partial charge in [-0.05, 0) is 42.5 Å². The van der Waals surface area contributed by atoms with Crippen LogP contribution in [0.15, 0.2) is 18.2 Å². The summed E-state index contributed by atoms with van der Waals surface area (Å²) < 4.78 is 5.61. The Balaban J connectivity index is 1.93. The van der Waals surface area contributed by atoms with Gasteiger partial charge in [0.05, 0.1) is 6.61 Å². The summed E-state index contributed by atoms with van der Waals surface area (Å²) in [6.07, 6.45) is 3.68. The maximum Gasteiger partial charge on any atom is 0.0534 e. The molecule has 3 rings (SSSR count). The quantitative estimate of drug-likeness (QED) is 0.779. The van der Waals surface area contributed by atoms with Crippen LogP contribution in [0.1, 0.15) is 35.4 Å². The molecule has 1 aromatic rings. The van der Waals surface area contributed by atoms with Crippen molar-refractivity contribution < 1.29 is 4.74 Å². The SMILES string of the molecule is c1cc2c(c(C3CCCOC3)c1)CNCC2. The molecule has 86 valence electrons. The second kappa shape index (κ2) is 4.56. The average Bonchev–Trinajstić information content (AvgIpc) is 2.39. The number of ether oxygens (including phenoxy) is 1. The van der Waals surface area contributed by atoms with E-state index < -0.39 is 0 Å². The van der Waals surface area contributed by atoms with Gasteiger partial charge in [0.1, 0.15) is 0 Å². The van der Waals surface area contributed by atoms with Gasteiger partial charge in [0.2, 0.25) is 0 Å². The lowest BCUT2D eigenvalue weighted by Gasteiger charge is -2.28. The summed E-state index contributed by atoms with van der Waals surface area (Å²) in [6.45, 7) is 4.03. The highest BCUT2D eigenvalue weighted by molar-refractivity contribution is 5.39. The normalized spacial score (nSPS) is 25.1. The van der Waals surface area contributed by atoms with E-state index in [1.165, 1.54) is 24.8 Å². The van der Waals surface area contributed by atoms with Crippen LogP contribution in [-0.2, 0) is 17.7 Å². The van der Waals surface area contributed by atoms with Gasteiger partial charge in [-0.15, -0.1) is 0 Å². The smallest absolute Gasteiger partial charge is 0.0534 e. The third kappa shape index (κ3) is 1.87. The van der Waals surface area contributed by atoms with Crippen LogP contribution in [0.25, 0.3) is 0 Å². The first kappa shape index (κ1) is 10.3. The van der Waals surface area contributed by atoms with Crippen molar-refractivity contribution in [1.82, 2.24) is 5.32 Å². The molecule has 1 aromatic carbocycles. The number of fused-ring (bicyclic) bond motifs is 1. The van der Waals surface area contributed by atoms with Gasteiger partial charge in [-0.2, -0.15) is 0 Å². The van der Waals surface area contributed by atoms with Gasteiger partial charge in [0, 0.05) is 19.1 Å². The van der Waals surface area contributed by atoms with Crippen molar-refractivity contribution >= 4 is 0 Å². The number of rotatable bonds is 1. The van der Waals surface area contributed by atoms with E-state index in [2.05, 4.69) is 23.5 Å². The molecule has 16 heavy (non-hydrogen) atoms. The summed E-state index contributed by atoms with van der Waals surface area (Å²) in [4.78, 5) is 0. The van der Waals surface area contributed by atoms with Crippen molar-refractivity contribution in [2.24, 2.45) is 0 Å². The molecule has 0 radical (unpaired) electrons. The molecule has 1 saturated heterocycles. The maximum atomic E-state index is 5.61. The van der Waals surface area contributed by atoms with Crippen LogP contribution >= 0.6 is 0 Å². The molecule has 2 heterocycles. The van der Waals surface area contributed by atoms with Crippen LogP contribution in [0.2, 0.25) is 0 Å². The van der Waals surface area contributed by atoms with Gasteiger partial charge in [0.25, 0.3) is 0 Å². The first-order valence-electron chi connectivity index (χ1n) is 6.34. The predicted octanol–water partition coefficient (Wildman–Crippen LogP) is 2.23.